The first kappa shape index (κ1) is 24.2. The zero-order valence-electron chi connectivity index (χ0n) is 19.3. The Labute approximate surface area is 198 Å². The van der Waals surface area contributed by atoms with Gasteiger partial charge in [0.2, 0.25) is 11.0 Å². The number of rotatable bonds is 9. The molecule has 9 heteroatoms. The van der Waals surface area contributed by atoms with Crippen molar-refractivity contribution in [1.82, 2.24) is 20.8 Å². The van der Waals surface area contributed by atoms with Crippen molar-refractivity contribution in [2.45, 2.75) is 32.9 Å². The van der Waals surface area contributed by atoms with Crippen molar-refractivity contribution in [3.8, 4) is 10.6 Å². The second-order valence-corrected chi connectivity index (χ2v) is 9.00. The van der Waals surface area contributed by atoms with E-state index in [1.165, 1.54) is 11.3 Å². The number of benzene rings is 2. The van der Waals surface area contributed by atoms with Crippen molar-refractivity contribution in [3.05, 3.63) is 60.2 Å². The van der Waals surface area contributed by atoms with Crippen LogP contribution >= 0.6 is 11.3 Å². The van der Waals surface area contributed by atoms with E-state index < -0.39 is 12.1 Å². The number of urea groups is 1. The van der Waals surface area contributed by atoms with Gasteiger partial charge in [0.05, 0.1) is 0 Å². The van der Waals surface area contributed by atoms with E-state index in [1.54, 1.807) is 0 Å². The quantitative estimate of drug-likeness (QED) is 0.440. The maximum absolute atomic E-state index is 13.0. The molecule has 174 valence electrons. The van der Waals surface area contributed by atoms with E-state index >= 15 is 0 Å². The lowest BCUT2D eigenvalue weighted by molar-refractivity contribution is -0.119. The fourth-order valence-electron chi connectivity index (χ4n) is 3.15. The molecular weight excluding hydrogens is 436 g/mol. The highest BCUT2D eigenvalue weighted by atomic mass is 32.1. The Morgan fingerprint density at radius 2 is 1.73 bits per heavy atom. The number of aromatic nitrogens is 2. The number of hydrogen-bond acceptors (Lipinski definition) is 6. The fourth-order valence-corrected chi connectivity index (χ4v) is 3.90. The Bertz CT molecular complexity index is 1050. The zero-order valence-corrected chi connectivity index (χ0v) is 20.1. The SMILES string of the molecule is CCC(C)C(NC(=O)NCc1ccccc1)C(=O)Nc1nnc(-c2ccc(N(C)C)cc2)s1. The van der Waals surface area contributed by atoms with Crippen molar-refractivity contribution >= 4 is 34.1 Å². The lowest BCUT2D eigenvalue weighted by atomic mass is 9.98. The predicted molar refractivity (Wildman–Crippen MR) is 133 cm³/mol. The van der Waals surface area contributed by atoms with Gasteiger partial charge in [-0.05, 0) is 35.7 Å². The summed E-state index contributed by atoms with van der Waals surface area (Å²) in [5.41, 5.74) is 3.00. The van der Waals surface area contributed by atoms with Crippen molar-refractivity contribution < 1.29 is 9.59 Å². The topological polar surface area (TPSA) is 99.2 Å². The minimum atomic E-state index is -0.697. The van der Waals surface area contributed by atoms with Gasteiger partial charge in [-0.3, -0.25) is 10.1 Å². The molecule has 33 heavy (non-hydrogen) atoms. The lowest BCUT2D eigenvalue weighted by Gasteiger charge is -2.23. The van der Waals surface area contributed by atoms with Crippen LogP contribution in [0.3, 0.4) is 0 Å². The third-order valence-electron chi connectivity index (χ3n) is 5.36. The Morgan fingerprint density at radius 1 is 1.03 bits per heavy atom. The van der Waals surface area contributed by atoms with Crippen molar-refractivity contribution in [2.24, 2.45) is 5.92 Å². The molecule has 3 amide bonds. The molecule has 0 spiro atoms. The van der Waals surface area contributed by atoms with Gasteiger partial charge in [-0.15, -0.1) is 10.2 Å². The average molecular weight is 467 g/mol. The van der Waals surface area contributed by atoms with E-state index in [4.69, 9.17) is 0 Å². The van der Waals surface area contributed by atoms with Gasteiger partial charge in [-0.2, -0.15) is 0 Å². The third kappa shape index (κ3) is 6.76. The van der Waals surface area contributed by atoms with E-state index in [-0.39, 0.29) is 11.8 Å². The standard InChI is InChI=1S/C24H30N6O2S/c1-5-16(2)20(26-23(32)25-15-17-9-7-6-8-10-17)21(31)27-24-29-28-22(33-24)18-11-13-19(14-12-18)30(3)4/h6-14,16,20H,5,15H2,1-4H3,(H2,25,26,32)(H,27,29,31). The molecule has 2 aromatic carbocycles. The van der Waals surface area contributed by atoms with Crippen molar-refractivity contribution in [3.63, 3.8) is 0 Å². The highest BCUT2D eigenvalue weighted by molar-refractivity contribution is 7.18. The van der Waals surface area contributed by atoms with Crippen LogP contribution in [0.5, 0.6) is 0 Å². The summed E-state index contributed by atoms with van der Waals surface area (Å²) in [7, 11) is 3.97. The molecule has 0 saturated carbocycles. The van der Waals surface area contributed by atoms with Crippen LogP contribution in [-0.4, -0.2) is 42.3 Å². The minimum absolute atomic E-state index is 0.0570. The summed E-state index contributed by atoms with van der Waals surface area (Å²) in [6.07, 6.45) is 0.733. The molecule has 0 aliphatic rings. The summed E-state index contributed by atoms with van der Waals surface area (Å²) in [6.45, 7) is 4.29. The molecule has 0 bridgehead atoms. The van der Waals surface area contributed by atoms with Crippen LogP contribution in [0.4, 0.5) is 15.6 Å². The smallest absolute Gasteiger partial charge is 0.315 e. The Kier molecular flexibility index (Phi) is 8.37. The van der Waals surface area contributed by atoms with Gasteiger partial charge in [-0.25, -0.2) is 4.79 Å². The molecule has 1 aromatic heterocycles. The van der Waals surface area contributed by atoms with Crippen molar-refractivity contribution in [2.75, 3.05) is 24.3 Å². The average Bonchev–Trinajstić information content (AvgIpc) is 3.29. The molecule has 2 unspecified atom stereocenters. The van der Waals surface area contributed by atoms with Gasteiger partial charge in [0.1, 0.15) is 11.0 Å². The lowest BCUT2D eigenvalue weighted by Crippen LogP contribution is -2.50. The van der Waals surface area contributed by atoms with Gasteiger partial charge in [0.15, 0.2) is 0 Å². The number of carbonyl (C=O) groups is 2. The van der Waals surface area contributed by atoms with Crippen LogP contribution in [0.1, 0.15) is 25.8 Å². The highest BCUT2D eigenvalue weighted by Gasteiger charge is 2.27. The first-order valence-corrected chi connectivity index (χ1v) is 11.7. The van der Waals surface area contributed by atoms with E-state index in [0.717, 1.165) is 23.2 Å². The number of hydrogen-bond donors (Lipinski definition) is 3. The highest BCUT2D eigenvalue weighted by Crippen LogP contribution is 2.28. The number of amides is 3. The molecule has 0 radical (unpaired) electrons. The van der Waals surface area contributed by atoms with Gasteiger partial charge in [-0.1, -0.05) is 61.9 Å². The van der Waals surface area contributed by atoms with E-state index in [9.17, 15) is 9.59 Å². The maximum Gasteiger partial charge on any atom is 0.315 e. The molecule has 0 fully saturated rings. The number of carbonyl (C=O) groups excluding carboxylic acids is 2. The summed E-state index contributed by atoms with van der Waals surface area (Å²) in [5.74, 6) is -0.372. The molecule has 0 aliphatic heterocycles. The van der Waals surface area contributed by atoms with Crippen LogP contribution in [0.25, 0.3) is 10.6 Å². The second-order valence-electron chi connectivity index (χ2n) is 8.02. The van der Waals surface area contributed by atoms with Crippen LogP contribution in [0.2, 0.25) is 0 Å². The van der Waals surface area contributed by atoms with Crippen LogP contribution in [0, 0.1) is 5.92 Å². The molecule has 0 saturated heterocycles. The van der Waals surface area contributed by atoms with Gasteiger partial charge in [0, 0.05) is 31.9 Å². The minimum Gasteiger partial charge on any atom is -0.378 e. The molecule has 2 atom stereocenters. The van der Waals surface area contributed by atoms with E-state index in [0.29, 0.717) is 16.7 Å². The molecule has 3 N–H and O–H groups in total. The first-order chi connectivity index (χ1) is 15.9. The summed E-state index contributed by atoms with van der Waals surface area (Å²) in [4.78, 5) is 27.4. The molecule has 3 rings (SSSR count). The summed E-state index contributed by atoms with van der Waals surface area (Å²) >= 11 is 1.30. The maximum atomic E-state index is 13.0. The van der Waals surface area contributed by atoms with E-state index in [2.05, 4.69) is 26.1 Å². The molecule has 0 aliphatic carbocycles. The monoisotopic (exact) mass is 466 g/mol. The van der Waals surface area contributed by atoms with Gasteiger partial charge in [0.25, 0.3) is 0 Å². The normalized spacial score (nSPS) is 12.5. The Hall–Kier alpha value is -3.46. The van der Waals surface area contributed by atoms with Crippen LogP contribution in [-0.2, 0) is 11.3 Å². The first-order valence-electron chi connectivity index (χ1n) is 10.9. The summed E-state index contributed by atoms with van der Waals surface area (Å²) < 4.78 is 0. The summed E-state index contributed by atoms with van der Waals surface area (Å²) in [5, 5.41) is 17.8. The van der Waals surface area contributed by atoms with Gasteiger partial charge >= 0.3 is 6.03 Å². The fraction of sp³-hybridized carbons (Fsp3) is 0.333. The van der Waals surface area contributed by atoms with E-state index in [1.807, 2.05) is 87.4 Å². The molecule has 3 aromatic rings. The number of nitrogens with zero attached hydrogens (tertiary/aromatic N) is 3. The second kappa shape index (κ2) is 11.4. The van der Waals surface area contributed by atoms with Gasteiger partial charge < -0.3 is 15.5 Å². The zero-order chi connectivity index (χ0) is 23.8. The largest absolute Gasteiger partial charge is 0.378 e. The Balaban J connectivity index is 1.62. The van der Waals surface area contributed by atoms with Crippen LogP contribution < -0.4 is 20.9 Å². The number of nitrogens with one attached hydrogen (secondary N) is 3. The van der Waals surface area contributed by atoms with Crippen LogP contribution in [0.15, 0.2) is 54.6 Å². The Morgan fingerprint density at radius 3 is 2.36 bits per heavy atom. The number of anilines is 2. The summed E-state index contributed by atoms with van der Waals surface area (Å²) in [6, 6.07) is 16.5. The molecular formula is C24H30N6O2S. The molecule has 1 heterocycles. The third-order valence-corrected chi connectivity index (χ3v) is 6.25. The van der Waals surface area contributed by atoms with Crippen molar-refractivity contribution in [1.29, 1.82) is 0 Å². The molecule has 8 nitrogen and oxygen atoms in total. The predicted octanol–water partition coefficient (Wildman–Crippen LogP) is 4.12.